The maximum atomic E-state index is 13.5. The maximum absolute atomic E-state index is 13.5. The predicted octanol–water partition coefficient (Wildman–Crippen LogP) is 3.19. The van der Waals surface area contributed by atoms with Crippen LogP contribution in [0.3, 0.4) is 0 Å². The van der Waals surface area contributed by atoms with E-state index >= 15 is 0 Å². The van der Waals surface area contributed by atoms with Crippen LogP contribution in [0.4, 0.5) is 15.9 Å². The average Bonchev–Trinajstić information content (AvgIpc) is 3.69. The van der Waals surface area contributed by atoms with Crippen LogP contribution >= 0.6 is 15.9 Å². The predicted molar refractivity (Wildman–Crippen MR) is 154 cm³/mol. The highest BCUT2D eigenvalue weighted by atomic mass is 79.9. The van der Waals surface area contributed by atoms with Crippen molar-refractivity contribution >= 4 is 45.1 Å². The van der Waals surface area contributed by atoms with Gasteiger partial charge in [-0.1, -0.05) is 23.8 Å². The van der Waals surface area contributed by atoms with Crippen LogP contribution in [0.2, 0.25) is 0 Å². The normalized spacial score (nSPS) is 11.3. The van der Waals surface area contributed by atoms with Gasteiger partial charge in [0.25, 0.3) is 5.91 Å². The number of benzene rings is 2. The highest BCUT2D eigenvalue weighted by Crippen LogP contribution is 2.23. The van der Waals surface area contributed by atoms with E-state index < -0.39 is 11.7 Å². The third-order valence-corrected chi connectivity index (χ3v) is 6.67. The van der Waals surface area contributed by atoms with Crippen molar-refractivity contribution in [1.82, 2.24) is 41.6 Å². The molecule has 0 aliphatic rings. The van der Waals surface area contributed by atoms with Crippen molar-refractivity contribution in [2.75, 3.05) is 18.4 Å². The number of carbonyl (C=O) groups excluding carboxylic acids is 2. The molecule has 6 N–H and O–H groups in total. The molecule has 2 aromatic carbocycles. The van der Waals surface area contributed by atoms with Gasteiger partial charge in [-0.05, 0) is 69.4 Å². The zero-order valence-electron chi connectivity index (χ0n) is 22.6. The summed E-state index contributed by atoms with van der Waals surface area (Å²) in [6.45, 7) is 1.13. The highest BCUT2D eigenvalue weighted by Gasteiger charge is 2.17. The second-order valence-corrected chi connectivity index (χ2v) is 9.96. The maximum Gasteiger partial charge on any atom is 0.251 e. The van der Waals surface area contributed by atoms with E-state index in [4.69, 9.17) is 9.84 Å². The molecule has 2 aromatic heterocycles. The molecule has 0 aliphatic heterocycles. The van der Waals surface area contributed by atoms with E-state index in [-0.39, 0.29) is 47.2 Å². The highest BCUT2D eigenvalue weighted by molar-refractivity contribution is 9.10. The van der Waals surface area contributed by atoms with Crippen LogP contribution in [0.5, 0.6) is 0 Å². The first kappa shape index (κ1) is 31.2. The van der Waals surface area contributed by atoms with Crippen molar-refractivity contribution in [1.29, 1.82) is 0 Å². The number of amidine groups is 1. The van der Waals surface area contributed by atoms with Crippen molar-refractivity contribution in [3.8, 4) is 11.3 Å². The second-order valence-electron chi connectivity index (χ2n) is 9.10. The lowest BCUT2D eigenvalue weighted by Crippen LogP contribution is -2.29. The molecular formula is C26H28BrFN10O5. The van der Waals surface area contributed by atoms with Crippen molar-refractivity contribution in [3.63, 3.8) is 0 Å². The summed E-state index contributed by atoms with van der Waals surface area (Å²) in [5.74, 6) is -1.06. The van der Waals surface area contributed by atoms with Crippen LogP contribution < -0.4 is 21.6 Å². The Morgan fingerprint density at radius 1 is 1.02 bits per heavy atom. The van der Waals surface area contributed by atoms with Gasteiger partial charge < -0.3 is 10.6 Å². The van der Waals surface area contributed by atoms with Crippen LogP contribution in [-0.4, -0.2) is 66.5 Å². The Hall–Kier alpha value is -4.74. The van der Waals surface area contributed by atoms with Gasteiger partial charge in [0.05, 0.1) is 16.4 Å². The summed E-state index contributed by atoms with van der Waals surface area (Å²) in [6.07, 6.45) is 4.37. The van der Waals surface area contributed by atoms with Gasteiger partial charge in [0, 0.05) is 37.2 Å². The van der Waals surface area contributed by atoms with Gasteiger partial charge in [0.1, 0.15) is 11.5 Å². The summed E-state index contributed by atoms with van der Waals surface area (Å²) in [7, 11) is 0. The van der Waals surface area contributed by atoms with E-state index in [0.717, 1.165) is 18.4 Å². The minimum Gasteiger partial charge on any atom is -0.363 e. The fourth-order valence-electron chi connectivity index (χ4n) is 3.86. The number of aromatic nitrogens is 5. The van der Waals surface area contributed by atoms with Gasteiger partial charge in [0.2, 0.25) is 11.7 Å². The third kappa shape index (κ3) is 8.87. The number of aryl methyl sites for hydroxylation is 1. The molecule has 15 nitrogen and oxygen atoms in total. The topological polar surface area (TPSA) is 205 Å². The van der Waals surface area contributed by atoms with E-state index in [1.54, 1.807) is 34.4 Å². The molecule has 0 aliphatic carbocycles. The van der Waals surface area contributed by atoms with E-state index in [0.29, 0.717) is 29.9 Å². The zero-order chi connectivity index (χ0) is 30.6. The number of carbonyl (C=O) groups is 2. The van der Waals surface area contributed by atoms with Gasteiger partial charge in [-0.3, -0.25) is 30.2 Å². The summed E-state index contributed by atoms with van der Waals surface area (Å²) in [5, 5.41) is 39.6. The lowest BCUT2D eigenvalue weighted by Gasteiger charge is -2.08. The Morgan fingerprint density at radius 3 is 2.58 bits per heavy atom. The molecule has 4 rings (SSSR count). The SMILES string of the molecule is O=C(CCCCCn1cc(-c2ccc(C(=O)NCCNc3nonc3C(=Nc3ccc(F)c(Br)c3)NO)cc2)nn1)NO. The second kappa shape index (κ2) is 15.5. The lowest BCUT2D eigenvalue weighted by atomic mass is 10.1. The molecule has 226 valence electrons. The van der Waals surface area contributed by atoms with Gasteiger partial charge in [-0.25, -0.2) is 19.5 Å². The minimum atomic E-state index is -0.459. The summed E-state index contributed by atoms with van der Waals surface area (Å²) in [4.78, 5) is 27.9. The van der Waals surface area contributed by atoms with Gasteiger partial charge in [0.15, 0.2) is 11.5 Å². The molecule has 0 fully saturated rings. The Labute approximate surface area is 252 Å². The molecule has 0 radical (unpaired) electrons. The molecule has 43 heavy (non-hydrogen) atoms. The summed E-state index contributed by atoms with van der Waals surface area (Å²) < 4.78 is 20.2. The van der Waals surface area contributed by atoms with Crippen molar-refractivity contribution in [2.24, 2.45) is 4.99 Å². The Bertz CT molecular complexity index is 1560. The number of hydrogen-bond donors (Lipinski definition) is 6. The average molecular weight is 659 g/mol. The number of hydrogen-bond acceptors (Lipinski definition) is 11. The standard InChI is InChI=1S/C26H28BrFN10O5/c27-19-14-18(9-10-20(19)28)31-25(34-42)23-24(36-43-35-23)29-11-12-30-26(40)17-7-5-16(6-8-17)21-15-38(37-32-21)13-3-1-2-4-22(39)33-41/h5-10,14-15,41-42H,1-4,11-13H2,(H,29,36)(H,30,40)(H,31,34)(H,33,39). The minimum absolute atomic E-state index is 0.0777. The number of unbranched alkanes of at least 4 members (excludes halogenated alkanes) is 2. The molecule has 0 saturated carbocycles. The molecular weight excluding hydrogens is 631 g/mol. The van der Waals surface area contributed by atoms with Gasteiger partial charge in [-0.2, -0.15) is 0 Å². The summed E-state index contributed by atoms with van der Waals surface area (Å²) in [6, 6.07) is 11.0. The summed E-state index contributed by atoms with van der Waals surface area (Å²) >= 11 is 3.08. The van der Waals surface area contributed by atoms with Crippen LogP contribution in [0, 0.1) is 5.82 Å². The molecule has 0 spiro atoms. The molecule has 2 heterocycles. The van der Waals surface area contributed by atoms with E-state index in [1.807, 2.05) is 11.7 Å². The molecule has 4 aromatic rings. The number of halogens is 2. The Kier molecular flexibility index (Phi) is 11.2. The first-order valence-electron chi connectivity index (χ1n) is 13.1. The number of rotatable bonds is 14. The Morgan fingerprint density at radius 2 is 1.84 bits per heavy atom. The fourth-order valence-corrected chi connectivity index (χ4v) is 4.22. The van der Waals surface area contributed by atoms with Crippen LogP contribution in [0.25, 0.3) is 11.3 Å². The fraction of sp³-hybridized carbons (Fsp3) is 0.269. The molecule has 0 saturated heterocycles. The number of nitrogens with zero attached hydrogens (tertiary/aromatic N) is 6. The quantitative estimate of drug-likeness (QED) is 0.0381. The van der Waals surface area contributed by atoms with E-state index in [9.17, 15) is 19.2 Å². The van der Waals surface area contributed by atoms with Crippen molar-refractivity contribution < 1.29 is 29.0 Å². The van der Waals surface area contributed by atoms with E-state index in [1.165, 1.54) is 18.2 Å². The van der Waals surface area contributed by atoms with Crippen molar-refractivity contribution in [3.05, 3.63) is 70.2 Å². The first-order chi connectivity index (χ1) is 20.9. The number of hydroxylamine groups is 2. The molecule has 17 heteroatoms. The van der Waals surface area contributed by atoms with Crippen LogP contribution in [-0.2, 0) is 11.3 Å². The molecule has 0 bridgehead atoms. The third-order valence-electron chi connectivity index (χ3n) is 6.06. The molecule has 0 atom stereocenters. The summed E-state index contributed by atoms with van der Waals surface area (Å²) in [5.41, 5.74) is 5.89. The van der Waals surface area contributed by atoms with Crippen molar-refractivity contribution in [2.45, 2.75) is 32.2 Å². The van der Waals surface area contributed by atoms with Gasteiger partial charge >= 0.3 is 0 Å². The monoisotopic (exact) mass is 658 g/mol. The first-order valence-corrected chi connectivity index (χ1v) is 13.9. The number of nitrogens with one attached hydrogen (secondary N) is 4. The number of amides is 2. The zero-order valence-corrected chi connectivity index (χ0v) is 24.2. The lowest BCUT2D eigenvalue weighted by molar-refractivity contribution is -0.129. The number of anilines is 1. The Balaban J connectivity index is 1.24. The number of aliphatic imine (C=N–C) groups is 1. The molecule has 2 amide bonds. The van der Waals surface area contributed by atoms with E-state index in [2.05, 4.69) is 52.2 Å². The largest absolute Gasteiger partial charge is 0.363 e. The molecule has 0 unspecified atom stereocenters. The van der Waals surface area contributed by atoms with Crippen LogP contribution in [0.15, 0.2) is 62.8 Å². The van der Waals surface area contributed by atoms with Gasteiger partial charge in [-0.15, -0.1) is 5.10 Å². The smallest absolute Gasteiger partial charge is 0.251 e. The van der Waals surface area contributed by atoms with Crippen LogP contribution in [0.1, 0.15) is 41.7 Å².